The molecular weight excluding hydrogens is 196 g/mol. The topological polar surface area (TPSA) is 83.0 Å². The number of hydrogen-bond donors (Lipinski definition) is 2. The third-order valence-electron chi connectivity index (χ3n) is 2.17. The lowest BCUT2D eigenvalue weighted by Gasteiger charge is -2.21. The molecule has 0 amide bonds. The predicted molar refractivity (Wildman–Crippen MR) is 54.9 cm³/mol. The van der Waals surface area contributed by atoms with E-state index in [1.807, 2.05) is 0 Å². The fourth-order valence-electron chi connectivity index (χ4n) is 1.39. The van der Waals surface area contributed by atoms with Gasteiger partial charge in [-0.3, -0.25) is 4.79 Å². The summed E-state index contributed by atoms with van der Waals surface area (Å²) < 4.78 is 0. The molecule has 0 fully saturated rings. The van der Waals surface area contributed by atoms with Gasteiger partial charge in [0.05, 0.1) is 12.1 Å². The number of hydrogen-bond acceptors (Lipinski definition) is 3. The number of carboxylic acids is 1. The maximum absolute atomic E-state index is 11.1. The molecule has 1 aromatic rings. The molecule has 0 bridgehead atoms. The Morgan fingerprint density at radius 2 is 2.20 bits per heavy atom. The average molecular weight is 210 g/mol. The molecule has 5 heteroatoms. The molecule has 0 aliphatic rings. The Kier molecular flexibility index (Phi) is 2.93. The summed E-state index contributed by atoms with van der Waals surface area (Å²) in [6.07, 6.45) is -0.0527. The van der Waals surface area contributed by atoms with Crippen molar-refractivity contribution in [2.75, 3.05) is 0 Å². The number of H-pyrrole nitrogens is 1. The normalized spacial score (nSPS) is 11.4. The van der Waals surface area contributed by atoms with Gasteiger partial charge in [-0.15, -0.1) is 0 Å². The standard InChI is InChI=1S/C10H14N2O3/c1-6-4-7(12-9(15)11-6)10(2,3)5-8(13)14/h4H,5H2,1-3H3,(H,13,14)(H,11,12,15). The second kappa shape index (κ2) is 3.84. The van der Waals surface area contributed by atoms with Crippen molar-refractivity contribution in [3.63, 3.8) is 0 Å². The minimum absolute atomic E-state index is 0.0527. The van der Waals surface area contributed by atoms with Gasteiger partial charge in [0.25, 0.3) is 0 Å². The number of aryl methyl sites for hydroxylation is 1. The van der Waals surface area contributed by atoms with E-state index in [1.165, 1.54) is 0 Å². The third-order valence-corrected chi connectivity index (χ3v) is 2.17. The highest BCUT2D eigenvalue weighted by atomic mass is 16.4. The monoisotopic (exact) mass is 210 g/mol. The van der Waals surface area contributed by atoms with Crippen LogP contribution in [0.15, 0.2) is 10.9 Å². The van der Waals surface area contributed by atoms with Crippen LogP contribution >= 0.6 is 0 Å². The van der Waals surface area contributed by atoms with Crippen LogP contribution in [0.1, 0.15) is 31.7 Å². The summed E-state index contributed by atoms with van der Waals surface area (Å²) in [7, 11) is 0. The number of nitrogens with one attached hydrogen (secondary N) is 1. The minimum Gasteiger partial charge on any atom is -0.481 e. The van der Waals surface area contributed by atoms with Crippen molar-refractivity contribution in [1.29, 1.82) is 0 Å². The van der Waals surface area contributed by atoms with Gasteiger partial charge in [-0.2, -0.15) is 4.98 Å². The first-order valence-corrected chi connectivity index (χ1v) is 4.61. The zero-order valence-electron chi connectivity index (χ0n) is 9.00. The lowest BCUT2D eigenvalue weighted by Crippen LogP contribution is -2.27. The Hall–Kier alpha value is -1.65. The maximum atomic E-state index is 11.1. The van der Waals surface area contributed by atoms with Crippen LogP contribution in [0, 0.1) is 6.92 Å². The fraction of sp³-hybridized carbons (Fsp3) is 0.500. The molecule has 0 spiro atoms. The lowest BCUT2D eigenvalue weighted by molar-refractivity contribution is -0.138. The second-order valence-corrected chi connectivity index (χ2v) is 4.21. The highest BCUT2D eigenvalue weighted by molar-refractivity contribution is 5.68. The summed E-state index contributed by atoms with van der Waals surface area (Å²) in [6.45, 7) is 5.24. The molecule has 0 aromatic carbocycles. The average Bonchev–Trinajstić information content (AvgIpc) is 1.99. The molecule has 1 rings (SSSR count). The van der Waals surface area contributed by atoms with Crippen LogP contribution in [0.5, 0.6) is 0 Å². The van der Waals surface area contributed by atoms with Crippen molar-refractivity contribution in [2.24, 2.45) is 0 Å². The predicted octanol–water partition coefficient (Wildman–Crippen LogP) is 0.831. The molecule has 0 saturated carbocycles. The Labute approximate surface area is 87.2 Å². The van der Waals surface area contributed by atoms with Gasteiger partial charge in [-0.1, -0.05) is 13.8 Å². The van der Waals surface area contributed by atoms with Gasteiger partial charge < -0.3 is 10.1 Å². The molecular formula is C10H14N2O3. The summed E-state index contributed by atoms with van der Waals surface area (Å²) in [5.41, 5.74) is 0.114. The van der Waals surface area contributed by atoms with E-state index >= 15 is 0 Å². The summed E-state index contributed by atoms with van der Waals surface area (Å²) in [4.78, 5) is 28.1. The number of carbonyl (C=O) groups is 1. The van der Waals surface area contributed by atoms with E-state index in [4.69, 9.17) is 5.11 Å². The molecule has 1 heterocycles. The molecule has 15 heavy (non-hydrogen) atoms. The van der Waals surface area contributed by atoms with Crippen LogP contribution in [0.25, 0.3) is 0 Å². The quantitative estimate of drug-likeness (QED) is 0.774. The fourth-order valence-corrected chi connectivity index (χ4v) is 1.39. The Balaban J connectivity index is 3.14. The molecule has 2 N–H and O–H groups in total. The molecule has 1 aromatic heterocycles. The maximum Gasteiger partial charge on any atom is 0.345 e. The smallest absolute Gasteiger partial charge is 0.345 e. The molecule has 0 saturated heterocycles. The summed E-state index contributed by atoms with van der Waals surface area (Å²) in [6, 6.07) is 1.70. The van der Waals surface area contributed by atoms with E-state index in [9.17, 15) is 9.59 Å². The van der Waals surface area contributed by atoms with E-state index in [2.05, 4.69) is 9.97 Å². The van der Waals surface area contributed by atoms with Gasteiger partial charge >= 0.3 is 11.7 Å². The van der Waals surface area contributed by atoms with Crippen molar-refractivity contribution in [1.82, 2.24) is 9.97 Å². The largest absolute Gasteiger partial charge is 0.481 e. The summed E-state index contributed by atoms with van der Waals surface area (Å²) in [5.74, 6) is -0.903. The van der Waals surface area contributed by atoms with E-state index in [1.54, 1.807) is 26.8 Å². The molecule has 0 aliphatic heterocycles. The van der Waals surface area contributed by atoms with Crippen molar-refractivity contribution in [3.05, 3.63) is 27.9 Å². The van der Waals surface area contributed by atoms with Crippen molar-refractivity contribution < 1.29 is 9.90 Å². The van der Waals surface area contributed by atoms with Crippen LogP contribution in [-0.4, -0.2) is 21.0 Å². The molecule has 82 valence electrons. The van der Waals surface area contributed by atoms with Crippen LogP contribution in [0.4, 0.5) is 0 Å². The van der Waals surface area contributed by atoms with Crippen LogP contribution in [0.2, 0.25) is 0 Å². The van der Waals surface area contributed by atoms with E-state index < -0.39 is 17.1 Å². The molecule has 0 unspecified atom stereocenters. The van der Waals surface area contributed by atoms with Gasteiger partial charge in [0.2, 0.25) is 0 Å². The molecule has 5 nitrogen and oxygen atoms in total. The number of nitrogens with zero attached hydrogens (tertiary/aromatic N) is 1. The SMILES string of the molecule is Cc1cc(C(C)(C)CC(=O)O)nc(=O)[nH]1. The van der Waals surface area contributed by atoms with Crippen LogP contribution in [0.3, 0.4) is 0 Å². The Morgan fingerprint density at radius 3 is 2.67 bits per heavy atom. The van der Waals surface area contributed by atoms with Crippen LogP contribution < -0.4 is 5.69 Å². The lowest BCUT2D eigenvalue weighted by atomic mass is 9.85. The third kappa shape index (κ3) is 2.90. The number of aromatic nitrogens is 2. The second-order valence-electron chi connectivity index (χ2n) is 4.21. The first kappa shape index (κ1) is 11.4. The van der Waals surface area contributed by atoms with Crippen molar-refractivity contribution >= 4 is 5.97 Å². The zero-order chi connectivity index (χ0) is 11.6. The van der Waals surface area contributed by atoms with E-state index in [0.717, 1.165) is 0 Å². The summed E-state index contributed by atoms with van der Waals surface area (Å²) >= 11 is 0. The molecule has 0 radical (unpaired) electrons. The molecule has 0 atom stereocenters. The number of rotatable bonds is 3. The summed E-state index contributed by atoms with van der Waals surface area (Å²) in [5, 5.41) is 8.74. The van der Waals surface area contributed by atoms with Crippen molar-refractivity contribution in [3.8, 4) is 0 Å². The van der Waals surface area contributed by atoms with E-state index in [-0.39, 0.29) is 6.42 Å². The first-order valence-electron chi connectivity index (χ1n) is 4.61. The van der Waals surface area contributed by atoms with Gasteiger partial charge in [0.15, 0.2) is 0 Å². The minimum atomic E-state index is -0.903. The number of carboxylic acid groups (broad SMARTS) is 1. The van der Waals surface area contributed by atoms with Gasteiger partial charge in [0.1, 0.15) is 0 Å². The number of aromatic amines is 1. The Bertz CT molecular complexity index is 435. The highest BCUT2D eigenvalue weighted by Gasteiger charge is 2.26. The van der Waals surface area contributed by atoms with Crippen LogP contribution in [-0.2, 0) is 10.2 Å². The van der Waals surface area contributed by atoms with Crippen molar-refractivity contribution in [2.45, 2.75) is 32.6 Å². The zero-order valence-corrected chi connectivity index (χ0v) is 9.00. The first-order chi connectivity index (χ1) is 6.81. The van der Waals surface area contributed by atoms with Gasteiger partial charge in [0, 0.05) is 11.1 Å². The Morgan fingerprint density at radius 1 is 1.60 bits per heavy atom. The number of aliphatic carboxylic acids is 1. The highest BCUT2D eigenvalue weighted by Crippen LogP contribution is 2.24. The molecule has 0 aliphatic carbocycles. The van der Waals surface area contributed by atoms with E-state index in [0.29, 0.717) is 11.4 Å². The van der Waals surface area contributed by atoms with Gasteiger partial charge in [-0.05, 0) is 13.0 Å². The van der Waals surface area contributed by atoms with Gasteiger partial charge in [-0.25, -0.2) is 4.79 Å².